The summed E-state index contributed by atoms with van der Waals surface area (Å²) in [7, 11) is 0. The van der Waals surface area contributed by atoms with Gasteiger partial charge in [0.2, 0.25) is 0 Å². The molecule has 1 aromatic carbocycles. The Kier molecular flexibility index (Phi) is 4.58. The minimum absolute atomic E-state index is 0.237. The maximum atomic E-state index is 11.1. The Bertz CT molecular complexity index is 350. The van der Waals surface area contributed by atoms with E-state index in [0.717, 1.165) is 35.1 Å². The Hall–Kier alpha value is -0.570. The zero-order valence-corrected chi connectivity index (χ0v) is 10.0. The van der Waals surface area contributed by atoms with Crippen LogP contribution in [0.3, 0.4) is 0 Å². The lowest BCUT2D eigenvalue weighted by Crippen LogP contribution is -2.07. The van der Waals surface area contributed by atoms with Crippen molar-refractivity contribution >= 4 is 11.6 Å². The molecule has 0 saturated heterocycles. The lowest BCUT2D eigenvalue weighted by atomic mass is 9.95. The van der Waals surface area contributed by atoms with Gasteiger partial charge in [-0.05, 0) is 35.1 Å². The highest BCUT2D eigenvalue weighted by molar-refractivity contribution is 6.32. The van der Waals surface area contributed by atoms with Crippen molar-refractivity contribution in [2.45, 2.75) is 39.8 Å². The van der Waals surface area contributed by atoms with Crippen LogP contribution in [0.4, 0.5) is 0 Å². The van der Waals surface area contributed by atoms with Crippen molar-refractivity contribution in [3.8, 4) is 0 Å². The van der Waals surface area contributed by atoms with Gasteiger partial charge in [0.15, 0.2) is 0 Å². The van der Waals surface area contributed by atoms with Gasteiger partial charge in [0.05, 0.1) is 0 Å². The SMILES string of the molecule is CCc1cc(CC)c(C[O])c(CN)c1Cl. The predicted molar refractivity (Wildman–Crippen MR) is 62.5 cm³/mol. The Balaban J connectivity index is 3.43. The van der Waals surface area contributed by atoms with Crippen LogP contribution in [-0.2, 0) is 31.1 Å². The van der Waals surface area contributed by atoms with Gasteiger partial charge in [-0.2, -0.15) is 0 Å². The molecule has 0 aliphatic rings. The molecule has 0 atom stereocenters. The average molecular weight is 227 g/mol. The fourth-order valence-electron chi connectivity index (χ4n) is 1.85. The third kappa shape index (κ3) is 2.33. The molecule has 0 aromatic heterocycles. The molecule has 1 radical (unpaired) electrons. The van der Waals surface area contributed by atoms with Crippen molar-refractivity contribution in [1.82, 2.24) is 0 Å². The summed E-state index contributed by atoms with van der Waals surface area (Å²) in [4.78, 5) is 0. The van der Waals surface area contributed by atoms with Crippen molar-refractivity contribution < 1.29 is 5.11 Å². The van der Waals surface area contributed by atoms with Crippen LogP contribution >= 0.6 is 11.6 Å². The predicted octanol–water partition coefficient (Wildman–Crippen LogP) is 2.85. The number of aryl methyl sites for hydroxylation is 2. The molecule has 0 spiro atoms. The Morgan fingerprint density at radius 2 is 1.80 bits per heavy atom. The minimum Gasteiger partial charge on any atom is -0.326 e. The number of benzene rings is 1. The van der Waals surface area contributed by atoms with Gasteiger partial charge in [-0.3, -0.25) is 0 Å². The van der Waals surface area contributed by atoms with Crippen molar-refractivity contribution in [2.24, 2.45) is 5.73 Å². The molecule has 83 valence electrons. The highest BCUT2D eigenvalue weighted by Gasteiger charge is 2.13. The molecule has 15 heavy (non-hydrogen) atoms. The minimum atomic E-state index is -0.237. The summed E-state index contributed by atoms with van der Waals surface area (Å²) in [5, 5.41) is 11.8. The Labute approximate surface area is 96.1 Å². The summed E-state index contributed by atoms with van der Waals surface area (Å²) in [5.41, 5.74) is 9.46. The topological polar surface area (TPSA) is 45.9 Å². The first-order chi connectivity index (χ1) is 7.19. The van der Waals surface area contributed by atoms with E-state index in [4.69, 9.17) is 17.3 Å². The molecule has 0 saturated carbocycles. The molecular weight excluding hydrogens is 210 g/mol. The van der Waals surface area contributed by atoms with Crippen molar-refractivity contribution in [3.05, 3.63) is 33.3 Å². The fraction of sp³-hybridized carbons (Fsp3) is 0.500. The van der Waals surface area contributed by atoms with Crippen molar-refractivity contribution in [1.29, 1.82) is 0 Å². The lowest BCUT2D eigenvalue weighted by Gasteiger charge is -2.15. The standard InChI is InChI=1S/C12H17ClNO/c1-3-8-5-9(4-2)12(13)10(6-14)11(8)7-15/h5H,3-4,6-7,14H2,1-2H3. The van der Waals surface area contributed by atoms with Gasteiger partial charge in [-0.25, -0.2) is 5.11 Å². The van der Waals surface area contributed by atoms with E-state index < -0.39 is 0 Å². The normalized spacial score (nSPS) is 10.7. The molecule has 0 bridgehead atoms. The number of rotatable bonds is 4. The van der Waals surface area contributed by atoms with E-state index in [1.165, 1.54) is 0 Å². The van der Waals surface area contributed by atoms with E-state index in [2.05, 4.69) is 6.92 Å². The molecular formula is C12H17ClNO. The van der Waals surface area contributed by atoms with Gasteiger partial charge in [0.1, 0.15) is 6.61 Å². The van der Waals surface area contributed by atoms with Crippen LogP contribution in [0.5, 0.6) is 0 Å². The molecule has 0 unspecified atom stereocenters. The van der Waals surface area contributed by atoms with E-state index in [9.17, 15) is 5.11 Å². The molecule has 2 nitrogen and oxygen atoms in total. The third-order valence-electron chi connectivity index (χ3n) is 2.76. The summed E-state index contributed by atoms with van der Waals surface area (Å²) in [6, 6.07) is 2.04. The Morgan fingerprint density at radius 3 is 2.20 bits per heavy atom. The van der Waals surface area contributed by atoms with Gasteiger partial charge in [0.25, 0.3) is 0 Å². The quantitative estimate of drug-likeness (QED) is 0.843. The lowest BCUT2D eigenvalue weighted by molar-refractivity contribution is 0.176. The summed E-state index contributed by atoms with van der Waals surface area (Å²) < 4.78 is 0. The molecule has 0 fully saturated rings. The highest BCUT2D eigenvalue weighted by Crippen LogP contribution is 2.28. The maximum Gasteiger partial charge on any atom is 0.108 e. The number of halogens is 1. The summed E-state index contributed by atoms with van der Waals surface area (Å²) in [6.07, 6.45) is 1.73. The first kappa shape index (κ1) is 12.5. The monoisotopic (exact) mass is 226 g/mol. The molecule has 0 aliphatic carbocycles. The van der Waals surface area contributed by atoms with E-state index in [1.807, 2.05) is 13.0 Å². The average Bonchev–Trinajstić information content (AvgIpc) is 2.28. The maximum absolute atomic E-state index is 11.1. The second-order valence-corrected chi connectivity index (χ2v) is 3.90. The molecule has 0 heterocycles. The Morgan fingerprint density at radius 1 is 1.20 bits per heavy atom. The van der Waals surface area contributed by atoms with Gasteiger partial charge < -0.3 is 5.73 Å². The van der Waals surface area contributed by atoms with Crippen LogP contribution in [-0.4, -0.2) is 0 Å². The van der Waals surface area contributed by atoms with Crippen LogP contribution in [0.15, 0.2) is 6.07 Å². The molecule has 3 heteroatoms. The molecule has 1 aromatic rings. The summed E-state index contributed by atoms with van der Waals surface area (Å²) >= 11 is 6.20. The van der Waals surface area contributed by atoms with E-state index in [1.54, 1.807) is 0 Å². The van der Waals surface area contributed by atoms with Crippen LogP contribution in [0.2, 0.25) is 5.02 Å². The highest BCUT2D eigenvalue weighted by atomic mass is 35.5. The molecule has 1 rings (SSSR count). The van der Waals surface area contributed by atoms with Crippen LogP contribution in [0, 0.1) is 0 Å². The second-order valence-electron chi connectivity index (χ2n) is 3.52. The van der Waals surface area contributed by atoms with Gasteiger partial charge >= 0.3 is 0 Å². The number of hydrogen-bond acceptors (Lipinski definition) is 1. The third-order valence-corrected chi connectivity index (χ3v) is 3.23. The van der Waals surface area contributed by atoms with Crippen LogP contribution < -0.4 is 5.73 Å². The first-order valence-corrected chi connectivity index (χ1v) is 5.67. The first-order valence-electron chi connectivity index (χ1n) is 5.29. The summed E-state index contributed by atoms with van der Waals surface area (Å²) in [5.74, 6) is 0. The van der Waals surface area contributed by atoms with Crippen LogP contribution in [0.25, 0.3) is 0 Å². The van der Waals surface area contributed by atoms with Gasteiger partial charge in [-0.1, -0.05) is 31.5 Å². The zero-order valence-electron chi connectivity index (χ0n) is 9.27. The molecule has 2 N–H and O–H groups in total. The van der Waals surface area contributed by atoms with Gasteiger partial charge in [0, 0.05) is 11.6 Å². The second kappa shape index (κ2) is 5.50. The smallest absolute Gasteiger partial charge is 0.108 e. The molecule has 0 aliphatic heterocycles. The van der Waals surface area contributed by atoms with E-state index in [-0.39, 0.29) is 6.61 Å². The zero-order chi connectivity index (χ0) is 11.4. The van der Waals surface area contributed by atoms with Crippen molar-refractivity contribution in [3.63, 3.8) is 0 Å². The van der Waals surface area contributed by atoms with E-state index >= 15 is 0 Å². The van der Waals surface area contributed by atoms with Crippen LogP contribution in [0.1, 0.15) is 36.1 Å². The largest absolute Gasteiger partial charge is 0.326 e. The fourth-order valence-corrected chi connectivity index (χ4v) is 2.23. The number of hydrogen-bond donors (Lipinski definition) is 1. The van der Waals surface area contributed by atoms with Gasteiger partial charge in [-0.15, -0.1) is 0 Å². The van der Waals surface area contributed by atoms with Crippen molar-refractivity contribution in [2.75, 3.05) is 0 Å². The molecule has 0 amide bonds. The summed E-state index contributed by atoms with van der Waals surface area (Å²) in [6.45, 7) is 4.20. The number of nitrogens with two attached hydrogens (primary N) is 1. The van der Waals surface area contributed by atoms with E-state index in [0.29, 0.717) is 11.6 Å².